The van der Waals surface area contributed by atoms with Gasteiger partial charge in [0, 0.05) is 17.6 Å². The lowest BCUT2D eigenvalue weighted by atomic mass is 10.1. The molecular formula is C13H18BrN3O2. The van der Waals surface area contributed by atoms with Gasteiger partial charge in [-0.3, -0.25) is 15.4 Å². The highest BCUT2D eigenvalue weighted by Gasteiger charge is 2.17. The molecule has 0 bridgehead atoms. The van der Waals surface area contributed by atoms with E-state index in [0.717, 1.165) is 10.0 Å². The molecule has 0 saturated carbocycles. The highest BCUT2D eigenvalue weighted by Crippen LogP contribution is 2.16. The highest BCUT2D eigenvalue weighted by atomic mass is 79.9. The largest absolute Gasteiger partial charge is 0.341 e. The van der Waals surface area contributed by atoms with E-state index in [1.165, 1.54) is 7.05 Å². The molecule has 19 heavy (non-hydrogen) atoms. The Kier molecular flexibility index (Phi) is 5.98. The number of rotatable bonds is 4. The van der Waals surface area contributed by atoms with E-state index in [1.54, 1.807) is 6.92 Å². The van der Waals surface area contributed by atoms with Crippen LogP contribution in [-0.2, 0) is 4.79 Å². The van der Waals surface area contributed by atoms with Crippen molar-refractivity contribution in [3.8, 4) is 0 Å². The topological polar surface area (TPSA) is 70.2 Å². The molecule has 0 radical (unpaired) electrons. The number of carbonyl (C=O) groups is 2. The number of halogens is 1. The zero-order valence-corrected chi connectivity index (χ0v) is 12.7. The smallest absolute Gasteiger partial charge is 0.321 e. The van der Waals surface area contributed by atoms with Crippen molar-refractivity contribution in [2.24, 2.45) is 0 Å². The first-order valence-corrected chi connectivity index (χ1v) is 6.77. The van der Waals surface area contributed by atoms with Crippen LogP contribution in [0.25, 0.3) is 0 Å². The molecule has 1 unspecified atom stereocenters. The van der Waals surface area contributed by atoms with Gasteiger partial charge in [0.15, 0.2) is 0 Å². The number of hydrogen-bond donors (Lipinski definition) is 3. The van der Waals surface area contributed by atoms with E-state index in [4.69, 9.17) is 0 Å². The van der Waals surface area contributed by atoms with Crippen LogP contribution < -0.4 is 16.0 Å². The van der Waals surface area contributed by atoms with E-state index in [1.807, 2.05) is 31.2 Å². The van der Waals surface area contributed by atoms with Gasteiger partial charge in [0.05, 0.1) is 6.04 Å². The molecular weight excluding hydrogens is 310 g/mol. The van der Waals surface area contributed by atoms with Crippen molar-refractivity contribution in [1.82, 2.24) is 16.0 Å². The summed E-state index contributed by atoms with van der Waals surface area (Å²) in [6.45, 7) is 3.68. The van der Waals surface area contributed by atoms with Crippen LogP contribution in [0.1, 0.15) is 25.5 Å². The summed E-state index contributed by atoms with van der Waals surface area (Å²) in [6.07, 6.45) is 0. The minimum absolute atomic E-state index is 0.0125. The Morgan fingerprint density at radius 1 is 1.16 bits per heavy atom. The Morgan fingerprint density at radius 3 is 2.26 bits per heavy atom. The summed E-state index contributed by atoms with van der Waals surface area (Å²) < 4.78 is 1.01. The molecule has 6 heteroatoms. The molecule has 2 atom stereocenters. The Hall–Kier alpha value is -1.40. The fourth-order valence-electron chi connectivity index (χ4n) is 1.58. The van der Waals surface area contributed by atoms with Gasteiger partial charge in [0.2, 0.25) is 5.91 Å². The molecule has 0 fully saturated rings. The third kappa shape index (κ3) is 5.00. The number of carbonyl (C=O) groups excluding carboxylic acids is 2. The number of urea groups is 1. The van der Waals surface area contributed by atoms with E-state index in [0.29, 0.717) is 0 Å². The number of benzene rings is 1. The summed E-state index contributed by atoms with van der Waals surface area (Å²) in [5, 5.41) is 7.71. The highest BCUT2D eigenvalue weighted by molar-refractivity contribution is 9.10. The maximum atomic E-state index is 11.7. The summed E-state index contributed by atoms with van der Waals surface area (Å²) in [4.78, 5) is 22.7. The summed E-state index contributed by atoms with van der Waals surface area (Å²) in [5.74, 6) is -0.358. The molecule has 1 aromatic carbocycles. The number of imide groups is 1. The molecule has 5 nitrogen and oxygen atoms in total. The van der Waals surface area contributed by atoms with Crippen LogP contribution in [0.4, 0.5) is 4.79 Å². The summed E-state index contributed by atoms with van der Waals surface area (Å²) in [7, 11) is 1.46. The predicted octanol–water partition coefficient (Wildman–Crippen LogP) is 1.94. The number of amides is 3. The monoisotopic (exact) mass is 327 g/mol. The number of hydrogen-bond acceptors (Lipinski definition) is 3. The van der Waals surface area contributed by atoms with Gasteiger partial charge >= 0.3 is 6.03 Å². The van der Waals surface area contributed by atoms with Crippen molar-refractivity contribution in [1.29, 1.82) is 0 Å². The van der Waals surface area contributed by atoms with Crippen molar-refractivity contribution < 1.29 is 9.59 Å². The quantitative estimate of drug-likeness (QED) is 0.791. The Bertz CT molecular complexity index is 448. The number of nitrogens with one attached hydrogen (secondary N) is 3. The normalized spacial score (nSPS) is 13.5. The van der Waals surface area contributed by atoms with Crippen LogP contribution in [0, 0.1) is 0 Å². The minimum Gasteiger partial charge on any atom is -0.341 e. The second kappa shape index (κ2) is 7.25. The molecule has 0 saturated heterocycles. The molecule has 104 valence electrons. The summed E-state index contributed by atoms with van der Waals surface area (Å²) >= 11 is 3.37. The van der Waals surface area contributed by atoms with Crippen LogP contribution in [0.5, 0.6) is 0 Å². The third-order valence-electron chi connectivity index (χ3n) is 2.73. The molecule has 0 heterocycles. The van der Waals surface area contributed by atoms with Crippen LogP contribution in [-0.4, -0.2) is 25.0 Å². The van der Waals surface area contributed by atoms with Crippen molar-refractivity contribution in [3.63, 3.8) is 0 Å². The molecule has 3 N–H and O–H groups in total. The Labute approximate surface area is 121 Å². The first-order chi connectivity index (χ1) is 8.93. The fraction of sp³-hybridized carbons (Fsp3) is 0.385. The van der Waals surface area contributed by atoms with Gasteiger partial charge < -0.3 is 5.32 Å². The van der Waals surface area contributed by atoms with Gasteiger partial charge in [-0.2, -0.15) is 0 Å². The maximum absolute atomic E-state index is 11.7. The SMILES string of the molecule is CNC(=O)NC(=O)C(C)N[C@H](C)c1ccc(Br)cc1. The van der Waals surface area contributed by atoms with E-state index in [9.17, 15) is 9.59 Å². The van der Waals surface area contributed by atoms with Crippen molar-refractivity contribution in [2.75, 3.05) is 7.05 Å². The van der Waals surface area contributed by atoms with Gasteiger partial charge in [-0.25, -0.2) is 4.79 Å². The Balaban J connectivity index is 2.56. The summed E-state index contributed by atoms with van der Waals surface area (Å²) in [5.41, 5.74) is 1.07. The average Bonchev–Trinajstić information content (AvgIpc) is 2.38. The zero-order valence-electron chi connectivity index (χ0n) is 11.2. The predicted molar refractivity (Wildman–Crippen MR) is 77.8 cm³/mol. The van der Waals surface area contributed by atoms with Crippen molar-refractivity contribution in [3.05, 3.63) is 34.3 Å². The second-order valence-electron chi connectivity index (χ2n) is 4.23. The lowest BCUT2D eigenvalue weighted by Crippen LogP contribution is -2.47. The third-order valence-corrected chi connectivity index (χ3v) is 3.26. The van der Waals surface area contributed by atoms with Gasteiger partial charge in [0.1, 0.15) is 0 Å². The minimum atomic E-state index is -0.505. The standard InChI is InChI=1S/C13H18BrN3O2/c1-8(10-4-6-11(14)7-5-10)16-9(2)12(18)17-13(19)15-3/h4-9,16H,1-3H3,(H2,15,17,18,19)/t8-,9?/m1/s1. The molecule has 0 aliphatic carbocycles. The van der Waals surface area contributed by atoms with Crippen LogP contribution in [0.15, 0.2) is 28.7 Å². The lowest BCUT2D eigenvalue weighted by molar-refractivity contribution is -0.121. The van der Waals surface area contributed by atoms with Gasteiger partial charge in [-0.05, 0) is 31.5 Å². The van der Waals surface area contributed by atoms with E-state index in [2.05, 4.69) is 31.9 Å². The van der Waals surface area contributed by atoms with Crippen molar-refractivity contribution >= 4 is 27.9 Å². The van der Waals surface area contributed by atoms with Crippen LogP contribution >= 0.6 is 15.9 Å². The molecule has 0 spiro atoms. The van der Waals surface area contributed by atoms with Crippen LogP contribution in [0.2, 0.25) is 0 Å². The molecule has 1 rings (SSSR count). The van der Waals surface area contributed by atoms with Crippen molar-refractivity contribution in [2.45, 2.75) is 25.9 Å². The van der Waals surface area contributed by atoms with Gasteiger partial charge in [-0.15, -0.1) is 0 Å². The van der Waals surface area contributed by atoms with E-state index >= 15 is 0 Å². The molecule has 0 aliphatic heterocycles. The first kappa shape index (κ1) is 15.7. The molecule has 0 aliphatic rings. The fourth-order valence-corrected chi connectivity index (χ4v) is 1.85. The second-order valence-corrected chi connectivity index (χ2v) is 5.15. The first-order valence-electron chi connectivity index (χ1n) is 5.98. The average molecular weight is 328 g/mol. The maximum Gasteiger partial charge on any atom is 0.321 e. The van der Waals surface area contributed by atoms with E-state index < -0.39 is 12.1 Å². The molecule has 1 aromatic rings. The Morgan fingerprint density at radius 2 is 1.74 bits per heavy atom. The zero-order chi connectivity index (χ0) is 14.4. The van der Waals surface area contributed by atoms with Gasteiger partial charge in [0.25, 0.3) is 0 Å². The molecule has 0 aromatic heterocycles. The van der Waals surface area contributed by atoms with Gasteiger partial charge in [-0.1, -0.05) is 28.1 Å². The summed E-state index contributed by atoms with van der Waals surface area (Å²) in [6, 6.07) is 6.89. The van der Waals surface area contributed by atoms with E-state index in [-0.39, 0.29) is 11.9 Å². The van der Waals surface area contributed by atoms with Crippen LogP contribution in [0.3, 0.4) is 0 Å². The lowest BCUT2D eigenvalue weighted by Gasteiger charge is -2.19. The molecule has 3 amide bonds.